The highest BCUT2D eigenvalue weighted by molar-refractivity contribution is 9.10. The van der Waals surface area contributed by atoms with Crippen LogP contribution >= 0.6 is 15.9 Å². The van der Waals surface area contributed by atoms with Crippen LogP contribution in [0.4, 0.5) is 0 Å². The van der Waals surface area contributed by atoms with E-state index in [2.05, 4.69) is 71.7 Å². The van der Waals surface area contributed by atoms with Gasteiger partial charge in [0.15, 0.2) is 0 Å². The van der Waals surface area contributed by atoms with E-state index in [-0.39, 0.29) is 5.41 Å². The molecule has 2 N–H and O–H groups in total. The predicted octanol–water partition coefficient (Wildman–Crippen LogP) is 3.92. The normalized spacial score (nSPS) is 14.2. The van der Waals surface area contributed by atoms with Gasteiger partial charge in [-0.15, -0.1) is 0 Å². The van der Waals surface area contributed by atoms with E-state index in [4.69, 9.17) is 5.73 Å². The molecule has 0 spiro atoms. The van der Waals surface area contributed by atoms with Crippen LogP contribution in [-0.2, 0) is 5.41 Å². The van der Waals surface area contributed by atoms with E-state index < -0.39 is 0 Å². The second-order valence-corrected chi connectivity index (χ2v) is 5.43. The van der Waals surface area contributed by atoms with Gasteiger partial charge in [-0.25, -0.2) is 0 Å². The summed E-state index contributed by atoms with van der Waals surface area (Å²) in [5, 5.41) is 0. The first-order chi connectivity index (χ1) is 8.66. The molecule has 1 atom stereocenters. The second kappa shape index (κ2) is 5.68. The van der Waals surface area contributed by atoms with E-state index >= 15 is 0 Å². The summed E-state index contributed by atoms with van der Waals surface area (Å²) >= 11 is 3.53. The van der Waals surface area contributed by atoms with Crippen molar-refractivity contribution >= 4 is 15.9 Å². The van der Waals surface area contributed by atoms with Crippen LogP contribution < -0.4 is 5.73 Å². The lowest BCUT2D eigenvalue weighted by atomic mass is 9.74. The summed E-state index contributed by atoms with van der Waals surface area (Å²) in [6.45, 7) is 2.76. The van der Waals surface area contributed by atoms with Crippen molar-refractivity contribution in [3.8, 4) is 0 Å². The van der Waals surface area contributed by atoms with Crippen molar-refractivity contribution in [2.75, 3.05) is 6.54 Å². The molecule has 0 aromatic heterocycles. The molecule has 0 aliphatic rings. The minimum absolute atomic E-state index is 0.153. The number of hydrogen-bond donors (Lipinski definition) is 1. The molecule has 0 saturated carbocycles. The Bertz CT molecular complexity index is 510. The van der Waals surface area contributed by atoms with Gasteiger partial charge in [0.2, 0.25) is 0 Å². The molecule has 0 saturated heterocycles. The fourth-order valence-corrected chi connectivity index (χ4v) is 2.63. The van der Waals surface area contributed by atoms with Crippen molar-refractivity contribution in [3.05, 3.63) is 76.6 Å². The molecular weight excluding hydrogens is 286 g/mol. The molecule has 93 valence electrons. The van der Waals surface area contributed by atoms with E-state index in [1.54, 1.807) is 0 Å². The average Bonchev–Trinajstić information content (AvgIpc) is 2.40. The van der Waals surface area contributed by atoms with Gasteiger partial charge >= 0.3 is 0 Å². The van der Waals surface area contributed by atoms with Crippen molar-refractivity contribution in [1.82, 2.24) is 0 Å². The van der Waals surface area contributed by atoms with Crippen LogP contribution in [0, 0.1) is 6.42 Å². The lowest BCUT2D eigenvalue weighted by Gasteiger charge is -2.30. The maximum absolute atomic E-state index is 5.76. The van der Waals surface area contributed by atoms with Gasteiger partial charge in [0.05, 0.1) is 0 Å². The van der Waals surface area contributed by atoms with Crippen LogP contribution in [0.1, 0.15) is 18.1 Å². The van der Waals surface area contributed by atoms with Crippen LogP contribution in [-0.4, -0.2) is 6.54 Å². The molecule has 1 radical (unpaired) electrons. The third-order valence-corrected chi connectivity index (χ3v) is 3.82. The molecule has 18 heavy (non-hydrogen) atoms. The second-order valence-electron chi connectivity index (χ2n) is 4.52. The molecule has 0 fully saturated rings. The fraction of sp³-hybridized carbons (Fsp3) is 0.188. The molecule has 2 aromatic carbocycles. The van der Waals surface area contributed by atoms with Gasteiger partial charge in [-0.1, -0.05) is 65.3 Å². The first kappa shape index (κ1) is 13.3. The Morgan fingerprint density at radius 2 is 1.72 bits per heavy atom. The topological polar surface area (TPSA) is 26.0 Å². The van der Waals surface area contributed by atoms with Gasteiger partial charge in [0.1, 0.15) is 0 Å². The summed E-state index contributed by atoms with van der Waals surface area (Å²) in [6, 6.07) is 18.9. The van der Waals surface area contributed by atoms with Crippen LogP contribution in [0.15, 0.2) is 59.1 Å². The predicted molar refractivity (Wildman–Crippen MR) is 80.4 cm³/mol. The molecule has 0 heterocycles. The lowest BCUT2D eigenvalue weighted by Crippen LogP contribution is -2.28. The number of hydrogen-bond acceptors (Lipinski definition) is 1. The van der Waals surface area contributed by atoms with Gasteiger partial charge in [0, 0.05) is 9.89 Å². The number of halogens is 1. The monoisotopic (exact) mass is 302 g/mol. The third-order valence-electron chi connectivity index (χ3n) is 3.32. The van der Waals surface area contributed by atoms with Crippen LogP contribution in [0.5, 0.6) is 0 Å². The highest BCUT2D eigenvalue weighted by atomic mass is 79.9. The zero-order chi connectivity index (χ0) is 13.0. The van der Waals surface area contributed by atoms with E-state index in [0.29, 0.717) is 6.54 Å². The molecule has 0 aliphatic carbocycles. The van der Waals surface area contributed by atoms with E-state index in [1.807, 2.05) is 12.1 Å². The summed E-state index contributed by atoms with van der Waals surface area (Å²) in [5.41, 5.74) is 8.11. The summed E-state index contributed by atoms with van der Waals surface area (Å²) in [5.74, 6) is 0. The quantitative estimate of drug-likeness (QED) is 0.910. The van der Waals surface area contributed by atoms with Gasteiger partial charge in [-0.3, -0.25) is 0 Å². The number of benzene rings is 2. The molecule has 0 bridgehead atoms. The first-order valence-electron chi connectivity index (χ1n) is 6.03. The van der Waals surface area contributed by atoms with Crippen LogP contribution in [0.2, 0.25) is 0 Å². The van der Waals surface area contributed by atoms with Crippen molar-refractivity contribution in [1.29, 1.82) is 0 Å². The molecule has 2 heteroatoms. The summed E-state index contributed by atoms with van der Waals surface area (Å²) in [6.07, 6.45) is 2.16. The highest BCUT2D eigenvalue weighted by Crippen LogP contribution is 2.35. The zero-order valence-corrected chi connectivity index (χ0v) is 12.0. The van der Waals surface area contributed by atoms with Crippen molar-refractivity contribution < 1.29 is 0 Å². The SMILES string of the molecule is CC([CH]CN)(c1ccccc1)c1cccc(Br)c1. The zero-order valence-electron chi connectivity index (χ0n) is 10.4. The van der Waals surface area contributed by atoms with E-state index in [1.165, 1.54) is 11.1 Å². The summed E-state index contributed by atoms with van der Waals surface area (Å²) in [7, 11) is 0. The minimum Gasteiger partial charge on any atom is -0.330 e. The van der Waals surface area contributed by atoms with Gasteiger partial charge in [-0.2, -0.15) is 0 Å². The molecule has 1 unspecified atom stereocenters. The van der Waals surface area contributed by atoms with Gasteiger partial charge in [-0.05, 0) is 36.2 Å². The molecule has 2 rings (SSSR count). The first-order valence-corrected chi connectivity index (χ1v) is 6.82. The summed E-state index contributed by atoms with van der Waals surface area (Å²) in [4.78, 5) is 0. The average molecular weight is 303 g/mol. The van der Waals surface area contributed by atoms with Crippen LogP contribution in [0.3, 0.4) is 0 Å². The van der Waals surface area contributed by atoms with E-state index in [0.717, 1.165) is 4.47 Å². The number of nitrogens with two attached hydrogens (primary N) is 1. The molecule has 1 nitrogen and oxygen atoms in total. The molecule has 0 aliphatic heterocycles. The maximum Gasteiger partial charge on any atom is 0.0218 e. The van der Waals surface area contributed by atoms with Crippen molar-refractivity contribution in [3.63, 3.8) is 0 Å². The fourth-order valence-electron chi connectivity index (χ4n) is 2.23. The minimum atomic E-state index is -0.153. The van der Waals surface area contributed by atoms with Crippen molar-refractivity contribution in [2.45, 2.75) is 12.3 Å². The van der Waals surface area contributed by atoms with Crippen LogP contribution in [0.25, 0.3) is 0 Å². The lowest BCUT2D eigenvalue weighted by molar-refractivity contribution is 0.649. The van der Waals surface area contributed by atoms with Gasteiger partial charge < -0.3 is 5.73 Å². The Morgan fingerprint density at radius 1 is 1.06 bits per heavy atom. The number of rotatable bonds is 4. The maximum atomic E-state index is 5.76. The molecule has 2 aromatic rings. The Hall–Kier alpha value is -1.12. The van der Waals surface area contributed by atoms with Gasteiger partial charge in [0.25, 0.3) is 0 Å². The summed E-state index contributed by atoms with van der Waals surface area (Å²) < 4.78 is 1.09. The third kappa shape index (κ3) is 2.65. The van der Waals surface area contributed by atoms with E-state index in [9.17, 15) is 0 Å². The Morgan fingerprint density at radius 3 is 2.33 bits per heavy atom. The Labute approximate surface area is 117 Å². The largest absolute Gasteiger partial charge is 0.330 e. The smallest absolute Gasteiger partial charge is 0.0218 e. The van der Waals surface area contributed by atoms with Crippen molar-refractivity contribution in [2.24, 2.45) is 5.73 Å². The molecular formula is C16H17BrN. The standard InChI is InChI=1S/C16H17BrN/c1-16(10-11-18,13-6-3-2-4-7-13)14-8-5-9-15(17)12-14/h2-10,12H,11,18H2,1H3. The Balaban J connectivity index is 2.50. The Kier molecular flexibility index (Phi) is 4.20. The highest BCUT2D eigenvalue weighted by Gasteiger charge is 2.28. The molecule has 0 amide bonds.